The molecule has 0 spiro atoms. The van der Waals surface area contributed by atoms with Crippen LogP contribution in [0.3, 0.4) is 0 Å². The topological polar surface area (TPSA) is 111 Å². The summed E-state index contributed by atoms with van der Waals surface area (Å²) in [6.07, 6.45) is 0.150. The highest BCUT2D eigenvalue weighted by Gasteiger charge is 2.22. The quantitative estimate of drug-likeness (QED) is 0.577. The molecule has 3 N–H and O–H groups in total. The van der Waals surface area contributed by atoms with Crippen molar-refractivity contribution in [3.8, 4) is 5.75 Å². The molecule has 0 saturated heterocycles. The molecule has 3 rings (SSSR count). The number of benzene rings is 1. The molecule has 0 aliphatic carbocycles. The minimum absolute atomic E-state index is 0.0242. The largest absolute Gasteiger partial charge is 0.482 e. The second-order valence-electron chi connectivity index (χ2n) is 5.80. The molecule has 2 amide bonds. The van der Waals surface area contributed by atoms with Crippen LogP contribution in [0, 0.1) is 6.92 Å². The zero-order chi connectivity index (χ0) is 18.8. The number of fused-ring (bicyclic) bond motifs is 1. The summed E-state index contributed by atoms with van der Waals surface area (Å²) < 4.78 is 6.02. The molecule has 9 heteroatoms. The van der Waals surface area contributed by atoms with Crippen molar-refractivity contribution in [2.45, 2.75) is 29.9 Å². The molecule has 1 aromatic carbocycles. The average Bonchev–Trinajstić information content (AvgIpc) is 2.91. The number of nitrogens with zero attached hydrogens (tertiary/aromatic N) is 1. The van der Waals surface area contributed by atoms with Gasteiger partial charge >= 0.3 is 0 Å². The Morgan fingerprint density at radius 1 is 1.46 bits per heavy atom. The normalized spacial score (nSPS) is 14.2. The zero-order valence-corrected chi connectivity index (χ0v) is 15.8. The van der Waals surface area contributed by atoms with Crippen molar-refractivity contribution in [3.05, 3.63) is 34.3 Å². The number of ether oxygens (including phenoxy) is 1. The zero-order valence-electron chi connectivity index (χ0n) is 14.2. The number of carbonyl (C=O) groups excluding carboxylic acids is 3. The molecule has 1 unspecified atom stereocenters. The Kier molecular flexibility index (Phi) is 5.28. The molecule has 0 bridgehead atoms. The first-order chi connectivity index (χ1) is 12.3. The summed E-state index contributed by atoms with van der Waals surface area (Å²) >= 11 is 2.71. The van der Waals surface area contributed by atoms with Crippen LogP contribution < -0.4 is 15.8 Å². The van der Waals surface area contributed by atoms with Gasteiger partial charge in [0.05, 0.1) is 23.1 Å². The standard InChI is InChI=1S/C17H17N3O4S2/c1-8-13(6-14(18)21)26-17(19-8)25-9(2)16(23)10-3-4-12-11(5-10)20-15(22)7-24-12/h3-5,9H,6-7H2,1-2H3,(H2,18,21)(H,20,22). The molecule has 1 aliphatic rings. The predicted molar refractivity (Wildman–Crippen MR) is 100.0 cm³/mol. The van der Waals surface area contributed by atoms with Crippen molar-refractivity contribution < 1.29 is 19.1 Å². The minimum Gasteiger partial charge on any atom is -0.482 e. The number of anilines is 1. The molecular weight excluding hydrogens is 374 g/mol. The number of primary amides is 1. The first-order valence-electron chi connectivity index (χ1n) is 7.85. The highest BCUT2D eigenvalue weighted by Crippen LogP contribution is 2.33. The van der Waals surface area contributed by atoms with Crippen molar-refractivity contribution in [2.75, 3.05) is 11.9 Å². The van der Waals surface area contributed by atoms with E-state index in [4.69, 9.17) is 10.5 Å². The Labute approximate surface area is 158 Å². The Balaban J connectivity index is 1.73. The first-order valence-corrected chi connectivity index (χ1v) is 9.55. The van der Waals surface area contributed by atoms with Gasteiger partial charge in [-0.1, -0.05) is 11.8 Å². The fourth-order valence-corrected chi connectivity index (χ4v) is 4.91. The third kappa shape index (κ3) is 4.05. The van der Waals surface area contributed by atoms with Crippen LogP contribution in [0.1, 0.15) is 27.9 Å². The van der Waals surface area contributed by atoms with Gasteiger partial charge < -0.3 is 15.8 Å². The Bertz CT molecular complexity index is 894. The van der Waals surface area contributed by atoms with Crippen molar-refractivity contribution in [3.63, 3.8) is 0 Å². The van der Waals surface area contributed by atoms with Crippen LogP contribution in [0.2, 0.25) is 0 Å². The van der Waals surface area contributed by atoms with Crippen LogP contribution in [0.4, 0.5) is 5.69 Å². The third-order valence-electron chi connectivity index (χ3n) is 3.75. The maximum absolute atomic E-state index is 12.7. The number of hydrogen-bond donors (Lipinski definition) is 2. The van der Waals surface area contributed by atoms with Crippen LogP contribution in [0.25, 0.3) is 0 Å². The van der Waals surface area contributed by atoms with E-state index in [1.165, 1.54) is 23.1 Å². The monoisotopic (exact) mass is 391 g/mol. The molecule has 7 nitrogen and oxygen atoms in total. The number of Topliss-reactive ketones (excluding diaryl/α,β-unsaturated/α-hetero) is 1. The smallest absolute Gasteiger partial charge is 0.262 e. The van der Waals surface area contributed by atoms with E-state index in [0.717, 1.165) is 10.6 Å². The van der Waals surface area contributed by atoms with E-state index in [9.17, 15) is 14.4 Å². The molecule has 2 heterocycles. The fraction of sp³-hybridized carbons (Fsp3) is 0.294. The van der Waals surface area contributed by atoms with Gasteiger partial charge in [-0.25, -0.2) is 4.98 Å². The Hall–Kier alpha value is -2.39. The Morgan fingerprint density at radius 3 is 2.96 bits per heavy atom. The summed E-state index contributed by atoms with van der Waals surface area (Å²) in [5, 5.41) is 2.32. The molecule has 2 aromatic rings. The summed E-state index contributed by atoms with van der Waals surface area (Å²) in [4.78, 5) is 40.4. The van der Waals surface area contributed by atoms with E-state index >= 15 is 0 Å². The van der Waals surface area contributed by atoms with E-state index in [1.54, 1.807) is 25.1 Å². The van der Waals surface area contributed by atoms with Gasteiger partial charge in [0.15, 0.2) is 16.7 Å². The SMILES string of the molecule is Cc1nc(SC(C)C(=O)c2ccc3c(c2)NC(=O)CO3)sc1CC(N)=O. The molecule has 0 fully saturated rings. The molecule has 1 aromatic heterocycles. The number of hydrogen-bond acceptors (Lipinski definition) is 7. The lowest BCUT2D eigenvalue weighted by molar-refractivity contribution is -0.119. The van der Waals surface area contributed by atoms with Gasteiger partial charge in [-0.05, 0) is 32.0 Å². The average molecular weight is 391 g/mol. The number of aryl methyl sites for hydroxylation is 1. The molecule has 0 radical (unpaired) electrons. The van der Waals surface area contributed by atoms with Crippen molar-refractivity contribution in [1.29, 1.82) is 0 Å². The second-order valence-corrected chi connectivity index (χ2v) is 8.48. The maximum Gasteiger partial charge on any atom is 0.262 e. The number of carbonyl (C=O) groups is 3. The molecular formula is C17H17N3O4S2. The Morgan fingerprint density at radius 2 is 2.23 bits per heavy atom. The summed E-state index contributed by atoms with van der Waals surface area (Å²) in [5.41, 5.74) is 6.97. The van der Waals surface area contributed by atoms with Gasteiger partial charge in [-0.3, -0.25) is 14.4 Å². The van der Waals surface area contributed by atoms with E-state index in [-0.39, 0.29) is 30.0 Å². The van der Waals surface area contributed by atoms with Crippen molar-refractivity contribution in [2.24, 2.45) is 5.73 Å². The molecule has 136 valence electrons. The maximum atomic E-state index is 12.7. The highest BCUT2D eigenvalue weighted by atomic mass is 32.2. The van der Waals surface area contributed by atoms with E-state index < -0.39 is 5.91 Å². The molecule has 1 atom stereocenters. The predicted octanol–water partition coefficient (Wildman–Crippen LogP) is 2.17. The van der Waals surface area contributed by atoms with Crippen LogP contribution in [-0.4, -0.2) is 34.4 Å². The van der Waals surface area contributed by atoms with Gasteiger partial charge in [0.1, 0.15) is 5.75 Å². The number of aromatic nitrogens is 1. The number of rotatable bonds is 6. The number of nitrogens with one attached hydrogen (secondary N) is 1. The summed E-state index contributed by atoms with van der Waals surface area (Å²) in [5.74, 6) is -0.185. The highest BCUT2D eigenvalue weighted by molar-refractivity contribution is 8.02. The number of amides is 2. The lowest BCUT2D eigenvalue weighted by Crippen LogP contribution is -2.25. The number of thiazole rings is 1. The minimum atomic E-state index is -0.407. The molecule has 0 saturated carbocycles. The lowest BCUT2D eigenvalue weighted by Gasteiger charge is -2.18. The number of thioether (sulfide) groups is 1. The van der Waals surface area contributed by atoms with E-state index in [2.05, 4.69) is 10.3 Å². The van der Waals surface area contributed by atoms with Gasteiger partial charge in [-0.15, -0.1) is 11.3 Å². The third-order valence-corrected chi connectivity index (χ3v) is 6.10. The van der Waals surface area contributed by atoms with E-state index in [0.29, 0.717) is 21.3 Å². The van der Waals surface area contributed by atoms with Gasteiger partial charge in [0.25, 0.3) is 5.91 Å². The van der Waals surface area contributed by atoms with Crippen LogP contribution >= 0.6 is 23.1 Å². The first kappa shape index (κ1) is 18.4. The number of nitrogens with two attached hydrogens (primary N) is 1. The van der Waals surface area contributed by atoms with Gasteiger partial charge in [-0.2, -0.15) is 0 Å². The second kappa shape index (κ2) is 7.46. The van der Waals surface area contributed by atoms with Gasteiger partial charge in [0.2, 0.25) is 5.91 Å². The molecule has 1 aliphatic heterocycles. The fourth-order valence-electron chi connectivity index (χ4n) is 2.45. The van der Waals surface area contributed by atoms with Crippen LogP contribution in [-0.2, 0) is 16.0 Å². The summed E-state index contributed by atoms with van der Waals surface area (Å²) in [6, 6.07) is 4.98. The van der Waals surface area contributed by atoms with Crippen LogP contribution in [0.5, 0.6) is 5.75 Å². The van der Waals surface area contributed by atoms with Crippen molar-refractivity contribution in [1.82, 2.24) is 4.98 Å². The lowest BCUT2D eigenvalue weighted by atomic mass is 10.1. The number of ketones is 1. The molecule has 26 heavy (non-hydrogen) atoms. The summed E-state index contributed by atoms with van der Waals surface area (Å²) in [6.45, 7) is 3.59. The van der Waals surface area contributed by atoms with E-state index in [1.807, 2.05) is 6.92 Å². The van der Waals surface area contributed by atoms with Crippen LogP contribution in [0.15, 0.2) is 22.5 Å². The van der Waals surface area contributed by atoms with Crippen molar-refractivity contribution >= 4 is 46.4 Å². The summed E-state index contributed by atoms with van der Waals surface area (Å²) in [7, 11) is 0. The van der Waals surface area contributed by atoms with Gasteiger partial charge in [0, 0.05) is 10.4 Å².